The fourth-order valence-corrected chi connectivity index (χ4v) is 1.77. The number of esters is 1. The van der Waals surface area contributed by atoms with E-state index in [0.717, 1.165) is 0 Å². The van der Waals surface area contributed by atoms with Crippen molar-refractivity contribution in [2.75, 3.05) is 19.0 Å². The Morgan fingerprint density at radius 3 is 2.52 bits per heavy atom. The van der Waals surface area contributed by atoms with Crippen LogP contribution in [0.3, 0.4) is 0 Å². The second-order valence-corrected chi connectivity index (χ2v) is 5.56. The highest BCUT2D eigenvalue weighted by Crippen LogP contribution is 2.20. The lowest BCUT2D eigenvalue weighted by molar-refractivity contribution is -0.142. The van der Waals surface area contributed by atoms with Crippen molar-refractivity contribution in [2.45, 2.75) is 32.3 Å². The summed E-state index contributed by atoms with van der Waals surface area (Å²) in [6, 6.07) is 6.87. The summed E-state index contributed by atoms with van der Waals surface area (Å²) in [6.45, 7) is 5.47. The molecule has 1 aromatic carbocycles. The van der Waals surface area contributed by atoms with Gasteiger partial charge in [0.2, 0.25) is 0 Å². The largest absolute Gasteiger partial charge is 0.469 e. The number of amides is 1. The molecule has 0 radical (unpaired) electrons. The average Bonchev–Trinajstić information content (AvgIpc) is 2.37. The molecule has 1 aromatic rings. The first kappa shape index (κ1) is 17.0. The van der Waals surface area contributed by atoms with Crippen LogP contribution >= 0.6 is 0 Å². The highest BCUT2D eigenvalue weighted by Gasteiger charge is 2.21. The molecular weight excluding hydrogens is 272 g/mol. The van der Waals surface area contributed by atoms with E-state index < -0.39 is 23.6 Å². The zero-order valence-corrected chi connectivity index (χ0v) is 12.8. The summed E-state index contributed by atoms with van der Waals surface area (Å²) < 4.78 is 9.88. The van der Waals surface area contributed by atoms with Gasteiger partial charge in [-0.25, -0.2) is 4.79 Å². The minimum Gasteiger partial charge on any atom is -0.469 e. The summed E-state index contributed by atoms with van der Waals surface area (Å²) in [5, 5.41) is 2.62. The quantitative estimate of drug-likeness (QED) is 0.831. The molecule has 0 fully saturated rings. The molecule has 0 aliphatic rings. The summed E-state index contributed by atoms with van der Waals surface area (Å²) in [7, 11) is 1.31. The van der Waals surface area contributed by atoms with Crippen molar-refractivity contribution in [3.63, 3.8) is 0 Å². The van der Waals surface area contributed by atoms with Crippen molar-refractivity contribution >= 4 is 17.7 Å². The Hall–Kier alpha value is -2.08. The molecule has 0 spiro atoms. The van der Waals surface area contributed by atoms with Crippen molar-refractivity contribution in [2.24, 2.45) is 5.73 Å². The van der Waals surface area contributed by atoms with Gasteiger partial charge < -0.3 is 15.2 Å². The maximum Gasteiger partial charge on any atom is 0.412 e. The van der Waals surface area contributed by atoms with Crippen LogP contribution in [0.5, 0.6) is 0 Å². The molecule has 0 bridgehead atoms. The third-order valence-electron chi connectivity index (χ3n) is 2.66. The van der Waals surface area contributed by atoms with Gasteiger partial charge in [0.25, 0.3) is 0 Å². The van der Waals surface area contributed by atoms with Crippen molar-refractivity contribution in [3.05, 3.63) is 29.8 Å². The maximum absolute atomic E-state index is 11.7. The molecule has 6 nitrogen and oxygen atoms in total. The van der Waals surface area contributed by atoms with E-state index in [0.29, 0.717) is 11.3 Å². The van der Waals surface area contributed by atoms with Crippen LogP contribution in [-0.4, -0.2) is 31.3 Å². The highest BCUT2D eigenvalue weighted by molar-refractivity contribution is 5.85. The maximum atomic E-state index is 11.7. The number of ether oxygens (including phenoxy) is 2. The summed E-state index contributed by atoms with van der Waals surface area (Å²) in [5.41, 5.74) is 6.24. The molecule has 0 saturated heterocycles. The van der Waals surface area contributed by atoms with Crippen molar-refractivity contribution in [1.82, 2.24) is 0 Å². The van der Waals surface area contributed by atoms with Gasteiger partial charge >= 0.3 is 12.1 Å². The topological polar surface area (TPSA) is 90.6 Å². The molecule has 0 aliphatic carbocycles. The van der Waals surface area contributed by atoms with Gasteiger partial charge in [-0.05, 0) is 38.5 Å². The molecule has 21 heavy (non-hydrogen) atoms. The van der Waals surface area contributed by atoms with Crippen LogP contribution in [0.15, 0.2) is 24.3 Å². The molecule has 1 unspecified atom stereocenters. The first-order valence-electron chi connectivity index (χ1n) is 6.64. The number of nitrogens with one attached hydrogen (secondary N) is 1. The number of nitrogens with two attached hydrogens (primary N) is 1. The van der Waals surface area contributed by atoms with Crippen LogP contribution in [0.4, 0.5) is 10.5 Å². The lowest BCUT2D eigenvalue weighted by Gasteiger charge is -2.20. The van der Waals surface area contributed by atoms with E-state index in [4.69, 9.17) is 15.2 Å². The predicted molar refractivity (Wildman–Crippen MR) is 80.1 cm³/mol. The number of rotatable bonds is 4. The molecule has 1 rings (SSSR count). The van der Waals surface area contributed by atoms with E-state index in [1.54, 1.807) is 45.0 Å². The van der Waals surface area contributed by atoms with Gasteiger partial charge in [-0.3, -0.25) is 10.1 Å². The standard InChI is InChI=1S/C15H22N2O4/c1-15(2,3)21-14(19)17-11-7-5-6-10(8-11)12(9-16)13(18)20-4/h5-8,12H,9,16H2,1-4H3,(H,17,19). The first-order valence-corrected chi connectivity index (χ1v) is 6.64. The summed E-state index contributed by atoms with van der Waals surface area (Å²) >= 11 is 0. The smallest absolute Gasteiger partial charge is 0.412 e. The fourth-order valence-electron chi connectivity index (χ4n) is 1.77. The number of methoxy groups -OCH3 is 1. The number of carbonyl (C=O) groups is 2. The van der Waals surface area contributed by atoms with Crippen molar-refractivity contribution in [1.29, 1.82) is 0 Å². The van der Waals surface area contributed by atoms with Crippen LogP contribution in [0.2, 0.25) is 0 Å². The van der Waals surface area contributed by atoms with Gasteiger partial charge in [0.1, 0.15) is 5.60 Å². The van der Waals surface area contributed by atoms with Crippen LogP contribution in [0, 0.1) is 0 Å². The van der Waals surface area contributed by atoms with Gasteiger partial charge in [0.05, 0.1) is 13.0 Å². The highest BCUT2D eigenvalue weighted by atomic mass is 16.6. The van der Waals surface area contributed by atoms with Crippen molar-refractivity contribution in [3.8, 4) is 0 Å². The van der Waals surface area contributed by atoms with E-state index in [1.807, 2.05) is 0 Å². The first-order chi connectivity index (χ1) is 9.76. The Balaban J connectivity index is 2.85. The Bertz CT molecular complexity index is 509. The van der Waals surface area contributed by atoms with Gasteiger partial charge in [0.15, 0.2) is 0 Å². The summed E-state index contributed by atoms with van der Waals surface area (Å²) in [5.74, 6) is -0.970. The van der Waals surface area contributed by atoms with E-state index in [-0.39, 0.29) is 6.54 Å². The number of anilines is 1. The third-order valence-corrected chi connectivity index (χ3v) is 2.66. The molecule has 0 aromatic heterocycles. The zero-order valence-electron chi connectivity index (χ0n) is 12.8. The minimum atomic E-state index is -0.576. The monoisotopic (exact) mass is 294 g/mol. The van der Waals surface area contributed by atoms with Gasteiger partial charge in [-0.2, -0.15) is 0 Å². The number of hydrogen-bond donors (Lipinski definition) is 2. The van der Waals surface area contributed by atoms with Crippen LogP contribution in [0.1, 0.15) is 32.3 Å². The Morgan fingerprint density at radius 1 is 1.33 bits per heavy atom. The van der Waals surface area contributed by atoms with Gasteiger partial charge in [0, 0.05) is 12.2 Å². The normalized spacial score (nSPS) is 12.4. The molecule has 1 amide bonds. The second kappa shape index (κ2) is 7.08. The van der Waals surface area contributed by atoms with E-state index in [1.165, 1.54) is 7.11 Å². The van der Waals surface area contributed by atoms with E-state index >= 15 is 0 Å². The van der Waals surface area contributed by atoms with Crippen molar-refractivity contribution < 1.29 is 19.1 Å². The lowest BCUT2D eigenvalue weighted by atomic mass is 9.99. The second-order valence-electron chi connectivity index (χ2n) is 5.56. The molecule has 1 atom stereocenters. The molecule has 0 heterocycles. The van der Waals surface area contributed by atoms with Crippen LogP contribution < -0.4 is 11.1 Å². The zero-order chi connectivity index (χ0) is 16.0. The Morgan fingerprint density at radius 2 is 2.00 bits per heavy atom. The number of carbonyl (C=O) groups excluding carboxylic acids is 2. The summed E-state index contributed by atoms with van der Waals surface area (Å²) in [4.78, 5) is 23.4. The molecular formula is C15H22N2O4. The lowest BCUT2D eigenvalue weighted by Crippen LogP contribution is -2.27. The average molecular weight is 294 g/mol. The molecule has 0 saturated carbocycles. The Labute approximate surface area is 124 Å². The number of hydrogen-bond acceptors (Lipinski definition) is 5. The molecule has 0 aliphatic heterocycles. The predicted octanol–water partition coefficient (Wildman–Crippen LogP) is 2.25. The Kier molecular flexibility index (Phi) is 5.72. The molecule has 116 valence electrons. The summed E-state index contributed by atoms with van der Waals surface area (Å²) in [6.07, 6.45) is -0.554. The van der Waals surface area contributed by atoms with Gasteiger partial charge in [-0.1, -0.05) is 12.1 Å². The fraction of sp³-hybridized carbons (Fsp3) is 0.467. The number of benzene rings is 1. The van der Waals surface area contributed by atoms with E-state index in [2.05, 4.69) is 5.32 Å². The molecule has 6 heteroatoms. The van der Waals surface area contributed by atoms with Gasteiger partial charge in [-0.15, -0.1) is 0 Å². The minimum absolute atomic E-state index is 0.128. The van der Waals surface area contributed by atoms with Crippen LogP contribution in [0.25, 0.3) is 0 Å². The third kappa shape index (κ3) is 5.43. The van der Waals surface area contributed by atoms with E-state index in [9.17, 15) is 9.59 Å². The SMILES string of the molecule is COC(=O)C(CN)c1cccc(NC(=O)OC(C)(C)C)c1. The van der Waals surface area contributed by atoms with Crippen LogP contribution in [-0.2, 0) is 14.3 Å². The molecule has 3 N–H and O–H groups in total.